The van der Waals surface area contributed by atoms with Crippen LogP contribution in [0, 0.1) is 0 Å². The van der Waals surface area contributed by atoms with Gasteiger partial charge in [0.15, 0.2) is 5.76 Å². The molecule has 112 valence electrons. The Kier molecular flexibility index (Phi) is 4.25. The second-order valence-corrected chi connectivity index (χ2v) is 5.16. The Balaban J connectivity index is 1.59. The molecule has 1 aromatic carbocycles. The van der Waals surface area contributed by atoms with Gasteiger partial charge in [-0.2, -0.15) is 0 Å². The summed E-state index contributed by atoms with van der Waals surface area (Å²) in [6.07, 6.45) is 1.72. The summed E-state index contributed by atoms with van der Waals surface area (Å²) < 4.78 is 10.4. The minimum atomic E-state index is -0.146. The van der Waals surface area contributed by atoms with Crippen molar-refractivity contribution in [2.75, 3.05) is 0 Å². The molecule has 3 rings (SSSR count). The molecule has 0 atom stereocenters. The first kappa shape index (κ1) is 14.4. The van der Waals surface area contributed by atoms with Gasteiger partial charge >= 0.3 is 0 Å². The second-order valence-electron chi connectivity index (χ2n) is 4.72. The molecule has 0 aliphatic heterocycles. The number of rotatable bonds is 5. The van der Waals surface area contributed by atoms with Crippen molar-refractivity contribution >= 4 is 17.5 Å². The molecule has 2 heterocycles. The molecule has 1 amide bonds. The number of benzene rings is 1. The van der Waals surface area contributed by atoms with E-state index in [1.54, 1.807) is 36.6 Å². The lowest BCUT2D eigenvalue weighted by atomic mass is 10.1. The van der Waals surface area contributed by atoms with Gasteiger partial charge in [0.25, 0.3) is 0 Å². The van der Waals surface area contributed by atoms with Gasteiger partial charge in [0.2, 0.25) is 5.91 Å². The summed E-state index contributed by atoms with van der Waals surface area (Å²) in [4.78, 5) is 11.8. The minimum absolute atomic E-state index is 0.146. The van der Waals surface area contributed by atoms with Gasteiger partial charge in [-0.05, 0) is 36.4 Å². The Morgan fingerprint density at radius 1 is 1.23 bits per heavy atom. The number of hydrogen-bond acceptors (Lipinski definition) is 4. The molecule has 0 radical (unpaired) electrons. The summed E-state index contributed by atoms with van der Waals surface area (Å²) >= 11 is 5.84. The van der Waals surface area contributed by atoms with E-state index in [1.807, 2.05) is 12.1 Å². The summed E-state index contributed by atoms with van der Waals surface area (Å²) in [6, 6.07) is 12.5. The van der Waals surface area contributed by atoms with Crippen molar-refractivity contribution in [2.24, 2.45) is 0 Å². The van der Waals surface area contributed by atoms with E-state index in [0.29, 0.717) is 28.8 Å². The highest BCUT2D eigenvalue weighted by atomic mass is 35.5. The maximum atomic E-state index is 11.8. The lowest BCUT2D eigenvalue weighted by Crippen LogP contribution is -2.24. The summed E-state index contributed by atoms with van der Waals surface area (Å²) in [5.41, 5.74) is 1.43. The van der Waals surface area contributed by atoms with Gasteiger partial charge in [0.1, 0.15) is 5.76 Å². The van der Waals surface area contributed by atoms with E-state index in [-0.39, 0.29) is 12.3 Å². The molecular formula is C16H13ClN2O3. The standard InChI is InChI=1S/C16H13ClN2O3/c17-12-5-3-11(4-6-12)15-8-13(19-22-15)9-16(20)18-10-14-2-1-7-21-14/h1-8H,9-10H2,(H,18,20). The normalized spacial score (nSPS) is 10.6. The highest BCUT2D eigenvalue weighted by Gasteiger charge is 2.11. The molecule has 1 N–H and O–H groups in total. The molecule has 0 aliphatic carbocycles. The molecule has 6 heteroatoms. The Bertz CT molecular complexity index is 748. The predicted molar refractivity (Wildman–Crippen MR) is 81.2 cm³/mol. The quantitative estimate of drug-likeness (QED) is 0.783. The highest BCUT2D eigenvalue weighted by Crippen LogP contribution is 2.22. The van der Waals surface area contributed by atoms with Crippen molar-refractivity contribution in [3.05, 3.63) is 65.2 Å². The number of furan rings is 1. The molecule has 0 spiro atoms. The van der Waals surface area contributed by atoms with E-state index in [4.69, 9.17) is 20.5 Å². The van der Waals surface area contributed by atoms with Crippen molar-refractivity contribution in [3.8, 4) is 11.3 Å². The van der Waals surface area contributed by atoms with Crippen LogP contribution in [0.2, 0.25) is 5.02 Å². The van der Waals surface area contributed by atoms with Gasteiger partial charge in [0.05, 0.1) is 24.9 Å². The zero-order valence-electron chi connectivity index (χ0n) is 11.6. The molecule has 0 saturated carbocycles. The van der Waals surface area contributed by atoms with Crippen molar-refractivity contribution in [2.45, 2.75) is 13.0 Å². The van der Waals surface area contributed by atoms with Crippen molar-refractivity contribution in [3.63, 3.8) is 0 Å². The fourth-order valence-corrected chi connectivity index (χ4v) is 2.10. The molecule has 0 bridgehead atoms. The third kappa shape index (κ3) is 3.56. The SMILES string of the molecule is O=C(Cc1cc(-c2ccc(Cl)cc2)on1)NCc1ccco1. The average Bonchev–Trinajstić information content (AvgIpc) is 3.17. The smallest absolute Gasteiger partial charge is 0.226 e. The molecular weight excluding hydrogens is 304 g/mol. The van der Waals surface area contributed by atoms with Crippen molar-refractivity contribution in [1.29, 1.82) is 0 Å². The first-order valence-electron chi connectivity index (χ1n) is 6.71. The van der Waals surface area contributed by atoms with Crippen LogP contribution in [0.4, 0.5) is 0 Å². The van der Waals surface area contributed by atoms with Gasteiger partial charge in [-0.15, -0.1) is 0 Å². The predicted octanol–water partition coefficient (Wildman–Crippen LogP) is 3.45. The van der Waals surface area contributed by atoms with E-state index in [2.05, 4.69) is 10.5 Å². The van der Waals surface area contributed by atoms with Gasteiger partial charge in [-0.25, -0.2) is 0 Å². The highest BCUT2D eigenvalue weighted by molar-refractivity contribution is 6.30. The van der Waals surface area contributed by atoms with Crippen LogP contribution < -0.4 is 5.32 Å². The molecule has 2 aromatic heterocycles. The van der Waals surface area contributed by atoms with E-state index >= 15 is 0 Å². The number of carbonyl (C=O) groups excluding carboxylic acids is 1. The van der Waals surface area contributed by atoms with E-state index < -0.39 is 0 Å². The third-order valence-corrected chi connectivity index (χ3v) is 3.32. The molecule has 22 heavy (non-hydrogen) atoms. The van der Waals surface area contributed by atoms with Crippen LogP contribution in [0.1, 0.15) is 11.5 Å². The Morgan fingerprint density at radius 2 is 2.05 bits per heavy atom. The van der Waals surface area contributed by atoms with Gasteiger partial charge in [0, 0.05) is 16.7 Å². The Morgan fingerprint density at radius 3 is 2.77 bits per heavy atom. The number of halogens is 1. The number of nitrogens with zero attached hydrogens (tertiary/aromatic N) is 1. The largest absolute Gasteiger partial charge is 0.467 e. The molecule has 0 aliphatic rings. The number of nitrogens with one attached hydrogen (secondary N) is 1. The lowest BCUT2D eigenvalue weighted by Gasteiger charge is -2.00. The zero-order chi connectivity index (χ0) is 15.4. The van der Waals surface area contributed by atoms with Crippen molar-refractivity contribution < 1.29 is 13.7 Å². The first-order valence-corrected chi connectivity index (χ1v) is 7.09. The molecule has 3 aromatic rings. The topological polar surface area (TPSA) is 68.3 Å². The van der Waals surface area contributed by atoms with Gasteiger partial charge in [-0.1, -0.05) is 16.8 Å². The summed E-state index contributed by atoms with van der Waals surface area (Å²) in [5.74, 6) is 1.16. The fraction of sp³-hybridized carbons (Fsp3) is 0.125. The van der Waals surface area contributed by atoms with Crippen molar-refractivity contribution in [1.82, 2.24) is 10.5 Å². The Labute approximate surface area is 131 Å². The maximum absolute atomic E-state index is 11.8. The third-order valence-electron chi connectivity index (χ3n) is 3.07. The second kappa shape index (κ2) is 6.49. The maximum Gasteiger partial charge on any atom is 0.226 e. The number of hydrogen-bond donors (Lipinski definition) is 1. The van der Waals surface area contributed by atoms with Crippen LogP contribution >= 0.6 is 11.6 Å². The summed E-state index contributed by atoms with van der Waals surface area (Å²) in [6.45, 7) is 0.355. The monoisotopic (exact) mass is 316 g/mol. The minimum Gasteiger partial charge on any atom is -0.467 e. The Hall–Kier alpha value is -2.53. The number of aromatic nitrogens is 1. The number of carbonyl (C=O) groups is 1. The van der Waals surface area contributed by atoms with E-state index in [1.165, 1.54) is 0 Å². The first-order chi connectivity index (χ1) is 10.7. The average molecular weight is 317 g/mol. The number of amides is 1. The molecule has 5 nitrogen and oxygen atoms in total. The molecule has 0 saturated heterocycles. The summed E-state index contributed by atoms with van der Waals surface area (Å²) in [5, 5.41) is 7.32. The van der Waals surface area contributed by atoms with Gasteiger partial charge < -0.3 is 14.3 Å². The zero-order valence-corrected chi connectivity index (χ0v) is 12.3. The van der Waals surface area contributed by atoms with Crippen LogP contribution in [0.15, 0.2) is 57.7 Å². The van der Waals surface area contributed by atoms with Crippen LogP contribution in [-0.4, -0.2) is 11.1 Å². The summed E-state index contributed by atoms with van der Waals surface area (Å²) in [7, 11) is 0. The van der Waals surface area contributed by atoms with E-state index in [0.717, 1.165) is 5.56 Å². The fourth-order valence-electron chi connectivity index (χ4n) is 1.97. The molecule has 0 fully saturated rings. The van der Waals surface area contributed by atoms with Crippen LogP contribution in [0.25, 0.3) is 11.3 Å². The lowest BCUT2D eigenvalue weighted by molar-refractivity contribution is -0.120. The van der Waals surface area contributed by atoms with Gasteiger partial charge in [-0.3, -0.25) is 4.79 Å². The van der Waals surface area contributed by atoms with Crippen LogP contribution in [0.3, 0.4) is 0 Å². The van der Waals surface area contributed by atoms with Crippen LogP contribution in [0.5, 0.6) is 0 Å². The van der Waals surface area contributed by atoms with Crippen LogP contribution in [-0.2, 0) is 17.8 Å². The molecule has 0 unspecified atom stereocenters. The van der Waals surface area contributed by atoms with E-state index in [9.17, 15) is 4.79 Å².